The number of rotatable bonds is 10. The number of thiazole rings is 1. The molecular formula is C34H30FNO3SSe. The van der Waals surface area contributed by atoms with E-state index in [1.807, 2.05) is 19.1 Å². The molecule has 0 radical (unpaired) electrons. The molecule has 1 N–H and O–H groups in total. The van der Waals surface area contributed by atoms with E-state index >= 15 is 0 Å². The Balaban J connectivity index is 1.44. The average Bonchev–Trinajstić information content (AvgIpc) is 3.35. The SMILES string of the molecule is Cc1ccc(-c2nc(C)c(C(Cc3ccc(-c4ccc(F)cc4)cc3)[Se]c3ccc(OCC(=O)O)c(C)c3)s2)cc1. The van der Waals surface area contributed by atoms with E-state index in [-0.39, 0.29) is 32.2 Å². The van der Waals surface area contributed by atoms with Crippen LogP contribution < -0.4 is 9.20 Å². The summed E-state index contributed by atoms with van der Waals surface area (Å²) >= 11 is 1.84. The minimum atomic E-state index is -0.992. The van der Waals surface area contributed by atoms with Crippen molar-refractivity contribution in [1.29, 1.82) is 0 Å². The predicted octanol–water partition coefficient (Wildman–Crippen LogP) is 7.32. The van der Waals surface area contributed by atoms with E-state index in [4.69, 9.17) is 14.8 Å². The zero-order valence-electron chi connectivity index (χ0n) is 23.1. The molecule has 4 nitrogen and oxygen atoms in total. The Morgan fingerprint density at radius 1 is 0.902 bits per heavy atom. The standard InChI is InChI=1S/C34H30FNO3SSe/c1-21-4-8-27(9-5-21)34-36-23(3)33(40-34)31(41-29-16-17-30(22(2)18-29)39-20-32(37)38)19-24-6-10-25(11-7-24)26-12-14-28(35)15-13-26/h4-18,31H,19-20H2,1-3H3,(H,37,38). The number of hydrogen-bond donors (Lipinski definition) is 1. The van der Waals surface area contributed by atoms with Gasteiger partial charge in [0.05, 0.1) is 0 Å². The van der Waals surface area contributed by atoms with Crippen LogP contribution in [0, 0.1) is 26.6 Å². The Bertz CT molecular complexity index is 1650. The van der Waals surface area contributed by atoms with Crippen molar-refractivity contribution in [1.82, 2.24) is 4.98 Å². The molecule has 4 aromatic carbocycles. The summed E-state index contributed by atoms with van der Waals surface area (Å²) in [5.41, 5.74) is 7.59. The third kappa shape index (κ3) is 7.30. The van der Waals surface area contributed by atoms with Crippen LogP contribution in [0.4, 0.5) is 4.39 Å². The van der Waals surface area contributed by atoms with Gasteiger partial charge in [0.25, 0.3) is 0 Å². The number of aryl methyl sites for hydroxylation is 3. The van der Waals surface area contributed by atoms with Gasteiger partial charge in [-0.25, -0.2) is 0 Å². The van der Waals surface area contributed by atoms with Crippen molar-refractivity contribution in [3.05, 3.63) is 124 Å². The number of nitrogens with zero attached hydrogens (tertiary/aromatic N) is 1. The predicted molar refractivity (Wildman–Crippen MR) is 165 cm³/mol. The van der Waals surface area contributed by atoms with Crippen LogP contribution in [0.1, 0.15) is 32.1 Å². The molecule has 7 heteroatoms. The summed E-state index contributed by atoms with van der Waals surface area (Å²) in [5, 5.41) is 10.0. The van der Waals surface area contributed by atoms with Gasteiger partial charge in [0.1, 0.15) is 0 Å². The van der Waals surface area contributed by atoms with Crippen LogP contribution in [-0.4, -0.2) is 37.6 Å². The van der Waals surface area contributed by atoms with E-state index in [0.717, 1.165) is 39.4 Å². The summed E-state index contributed by atoms with van der Waals surface area (Å²) in [5.74, 6) is -0.638. The summed E-state index contributed by atoms with van der Waals surface area (Å²) < 4.78 is 20.1. The molecule has 0 spiro atoms. The Morgan fingerprint density at radius 3 is 2.17 bits per heavy atom. The van der Waals surface area contributed by atoms with Crippen LogP contribution >= 0.6 is 11.3 Å². The molecule has 5 rings (SSSR count). The van der Waals surface area contributed by atoms with Crippen LogP contribution in [0.15, 0.2) is 91.0 Å². The Hall–Kier alpha value is -3.77. The van der Waals surface area contributed by atoms with Crippen molar-refractivity contribution in [2.75, 3.05) is 6.61 Å². The maximum atomic E-state index is 13.4. The van der Waals surface area contributed by atoms with Crippen molar-refractivity contribution in [2.45, 2.75) is 32.0 Å². The minimum absolute atomic E-state index is 0.0769. The third-order valence-electron chi connectivity index (χ3n) is 6.75. The van der Waals surface area contributed by atoms with Gasteiger partial charge in [-0.15, -0.1) is 0 Å². The number of carboxylic acids is 1. The van der Waals surface area contributed by atoms with Crippen LogP contribution in [0.25, 0.3) is 21.7 Å². The molecule has 1 heterocycles. The molecule has 0 aliphatic carbocycles. The fraction of sp³-hybridized carbons (Fsp3) is 0.176. The zero-order chi connectivity index (χ0) is 28.9. The van der Waals surface area contributed by atoms with Gasteiger partial charge in [0, 0.05) is 0 Å². The van der Waals surface area contributed by atoms with Gasteiger partial charge >= 0.3 is 251 Å². The van der Waals surface area contributed by atoms with E-state index in [2.05, 4.69) is 68.4 Å². The van der Waals surface area contributed by atoms with Crippen LogP contribution in [-0.2, 0) is 11.2 Å². The number of hydrogen-bond acceptors (Lipinski definition) is 4. The maximum absolute atomic E-state index is 13.4. The van der Waals surface area contributed by atoms with Crippen molar-refractivity contribution in [3.63, 3.8) is 0 Å². The molecule has 208 valence electrons. The molecule has 41 heavy (non-hydrogen) atoms. The number of halogens is 1. The second-order valence-corrected chi connectivity index (χ2v) is 13.7. The fourth-order valence-corrected chi connectivity index (χ4v) is 8.84. The first kappa shape index (κ1) is 28.7. The molecule has 0 aliphatic heterocycles. The van der Waals surface area contributed by atoms with E-state index in [9.17, 15) is 9.18 Å². The molecule has 1 unspecified atom stereocenters. The first-order valence-corrected chi connectivity index (χ1v) is 15.9. The quantitative estimate of drug-likeness (QED) is 0.164. The first-order chi connectivity index (χ1) is 19.7. The summed E-state index contributed by atoms with van der Waals surface area (Å²) in [4.78, 5) is 17.5. The van der Waals surface area contributed by atoms with Crippen molar-refractivity contribution < 1.29 is 19.0 Å². The first-order valence-electron chi connectivity index (χ1n) is 13.3. The normalized spacial score (nSPS) is 11.8. The second-order valence-electron chi connectivity index (χ2n) is 9.96. The average molecular weight is 631 g/mol. The van der Waals surface area contributed by atoms with E-state index < -0.39 is 5.97 Å². The number of benzene rings is 4. The van der Waals surface area contributed by atoms with Gasteiger partial charge in [-0.3, -0.25) is 0 Å². The molecule has 0 saturated heterocycles. The molecule has 0 saturated carbocycles. The van der Waals surface area contributed by atoms with Gasteiger partial charge in [0.15, 0.2) is 0 Å². The van der Waals surface area contributed by atoms with Crippen LogP contribution in [0.2, 0.25) is 0 Å². The zero-order valence-corrected chi connectivity index (χ0v) is 25.6. The van der Waals surface area contributed by atoms with Crippen LogP contribution in [0.3, 0.4) is 0 Å². The number of ether oxygens (including phenoxy) is 1. The van der Waals surface area contributed by atoms with Crippen LogP contribution in [0.5, 0.6) is 5.75 Å². The van der Waals surface area contributed by atoms with E-state index in [0.29, 0.717) is 5.75 Å². The van der Waals surface area contributed by atoms with Crippen molar-refractivity contribution >= 4 is 36.7 Å². The van der Waals surface area contributed by atoms with Gasteiger partial charge in [-0.1, -0.05) is 0 Å². The Labute approximate surface area is 250 Å². The Kier molecular flexibility index (Phi) is 8.99. The van der Waals surface area contributed by atoms with Gasteiger partial charge < -0.3 is 0 Å². The molecule has 0 aliphatic rings. The fourth-order valence-electron chi connectivity index (χ4n) is 4.57. The number of carbonyl (C=O) groups is 1. The molecule has 0 fully saturated rings. The third-order valence-corrected chi connectivity index (χ3v) is 11.0. The molecule has 0 bridgehead atoms. The molecule has 0 amide bonds. The number of carboxylic acid groups (broad SMARTS) is 1. The number of aliphatic carboxylic acids is 1. The summed E-state index contributed by atoms with van der Waals surface area (Å²) in [6.07, 6.45) is 0.858. The second kappa shape index (κ2) is 12.8. The topological polar surface area (TPSA) is 59.4 Å². The van der Waals surface area contributed by atoms with Gasteiger partial charge in [-0.05, 0) is 0 Å². The van der Waals surface area contributed by atoms with E-state index in [1.165, 1.54) is 32.6 Å². The monoisotopic (exact) mass is 631 g/mol. The molecule has 1 atom stereocenters. The summed E-state index contributed by atoms with van der Waals surface area (Å²) in [6, 6.07) is 29.6. The van der Waals surface area contributed by atoms with E-state index in [1.54, 1.807) is 23.5 Å². The van der Waals surface area contributed by atoms with Gasteiger partial charge in [-0.2, -0.15) is 0 Å². The molecular weight excluding hydrogens is 600 g/mol. The molecule has 5 aromatic rings. The number of aromatic nitrogens is 1. The van der Waals surface area contributed by atoms with Crippen molar-refractivity contribution in [2.24, 2.45) is 0 Å². The molecule has 1 aromatic heterocycles. The Morgan fingerprint density at radius 2 is 1.54 bits per heavy atom. The van der Waals surface area contributed by atoms with Gasteiger partial charge in [0.2, 0.25) is 0 Å². The summed E-state index contributed by atoms with van der Waals surface area (Å²) in [6.45, 7) is 5.78. The summed E-state index contributed by atoms with van der Waals surface area (Å²) in [7, 11) is 0. The van der Waals surface area contributed by atoms with Crippen molar-refractivity contribution in [3.8, 4) is 27.4 Å².